The number of hydrogen-bond acceptors (Lipinski definition) is 4. The molecule has 2 aromatic heterocycles. The highest BCUT2D eigenvalue weighted by Gasteiger charge is 2.11. The van der Waals surface area contributed by atoms with E-state index in [0.29, 0.717) is 26.9 Å². The van der Waals surface area contributed by atoms with Crippen LogP contribution < -0.4 is 14.8 Å². The molecule has 0 spiro atoms. The van der Waals surface area contributed by atoms with Crippen LogP contribution in [0.1, 0.15) is 11.1 Å². The molecule has 5 rings (SSSR count). The highest BCUT2D eigenvalue weighted by molar-refractivity contribution is 9.10. The fourth-order valence-corrected chi connectivity index (χ4v) is 4.74. The summed E-state index contributed by atoms with van der Waals surface area (Å²) in [6, 6.07) is 20.9. The number of rotatable bonds is 4. The van der Waals surface area contributed by atoms with Gasteiger partial charge in [-0.2, -0.15) is 0 Å². The lowest BCUT2D eigenvalue weighted by molar-refractivity contribution is 0.305. The molecular weight excluding hydrogens is 484 g/mol. The quantitative estimate of drug-likeness (QED) is 0.331. The zero-order valence-corrected chi connectivity index (χ0v) is 18.7. The van der Waals surface area contributed by atoms with Crippen molar-refractivity contribution in [3.8, 4) is 5.75 Å². The molecule has 0 saturated carbocycles. The van der Waals surface area contributed by atoms with E-state index in [9.17, 15) is 4.79 Å². The first-order valence-electron chi connectivity index (χ1n) is 9.17. The predicted octanol–water partition coefficient (Wildman–Crippen LogP) is 5.45. The van der Waals surface area contributed by atoms with E-state index in [4.69, 9.17) is 16.3 Å². The Balaban J connectivity index is 1.56. The fraction of sp³-hybridized carbons (Fsp3) is 0.0435. The second-order valence-corrected chi connectivity index (χ2v) is 9.09. The maximum atomic E-state index is 13.1. The first kappa shape index (κ1) is 19.3. The van der Waals surface area contributed by atoms with Gasteiger partial charge in [0.2, 0.25) is 0 Å². The van der Waals surface area contributed by atoms with Crippen LogP contribution in [0, 0.1) is 0 Å². The van der Waals surface area contributed by atoms with E-state index in [-0.39, 0.29) is 5.56 Å². The SMILES string of the molecule is O=c1/c(=C\c2cc(Br)ccc2OCc2ccc(Cl)cc2)sc2nc3ccccc3n12. The van der Waals surface area contributed by atoms with E-state index in [0.717, 1.165) is 26.6 Å². The molecule has 0 N–H and O–H groups in total. The number of ether oxygens (including phenoxy) is 1. The van der Waals surface area contributed by atoms with E-state index >= 15 is 0 Å². The zero-order valence-electron chi connectivity index (χ0n) is 15.5. The predicted molar refractivity (Wildman–Crippen MR) is 126 cm³/mol. The molecule has 30 heavy (non-hydrogen) atoms. The summed E-state index contributed by atoms with van der Waals surface area (Å²) in [5, 5.41) is 0.689. The van der Waals surface area contributed by atoms with E-state index in [1.54, 1.807) is 4.40 Å². The Morgan fingerprint density at radius 1 is 1.10 bits per heavy atom. The Morgan fingerprint density at radius 2 is 1.90 bits per heavy atom. The largest absolute Gasteiger partial charge is 0.488 e. The number of nitrogens with zero attached hydrogens (tertiary/aromatic N) is 2. The average Bonchev–Trinajstić information content (AvgIpc) is 3.25. The summed E-state index contributed by atoms with van der Waals surface area (Å²) < 4.78 is 9.22. The topological polar surface area (TPSA) is 43.6 Å². The second-order valence-electron chi connectivity index (χ2n) is 6.73. The van der Waals surface area contributed by atoms with Crippen molar-refractivity contribution in [1.29, 1.82) is 0 Å². The standard InChI is InChI=1S/C23H14BrClN2O2S/c24-16-7-10-20(29-13-14-5-8-17(25)9-6-14)15(11-16)12-21-22(28)27-19-4-2-1-3-18(19)26-23(27)30-21/h1-12H,13H2/b21-12+. The molecule has 0 fully saturated rings. The minimum atomic E-state index is -0.0765. The smallest absolute Gasteiger partial charge is 0.274 e. The molecule has 7 heteroatoms. The molecular formula is C23H14BrClN2O2S. The Hall–Kier alpha value is -2.67. The van der Waals surface area contributed by atoms with Crippen LogP contribution in [0.3, 0.4) is 0 Å². The van der Waals surface area contributed by atoms with Gasteiger partial charge in [0.25, 0.3) is 5.56 Å². The summed E-state index contributed by atoms with van der Waals surface area (Å²) in [6.45, 7) is 0.405. The number of benzene rings is 3. The average molecular weight is 498 g/mol. The first-order chi connectivity index (χ1) is 14.6. The third-order valence-electron chi connectivity index (χ3n) is 4.71. The minimum absolute atomic E-state index is 0.0765. The molecule has 0 aliphatic rings. The monoisotopic (exact) mass is 496 g/mol. The summed E-state index contributed by atoms with van der Waals surface area (Å²) in [4.78, 5) is 18.3. The lowest BCUT2D eigenvalue weighted by Gasteiger charge is -2.10. The van der Waals surface area contributed by atoms with Gasteiger partial charge in [-0.25, -0.2) is 9.38 Å². The normalized spacial score (nSPS) is 12.1. The Morgan fingerprint density at radius 3 is 2.73 bits per heavy atom. The van der Waals surface area contributed by atoms with E-state index in [2.05, 4.69) is 20.9 Å². The van der Waals surface area contributed by atoms with Gasteiger partial charge in [0.05, 0.1) is 15.6 Å². The molecule has 0 bridgehead atoms. The summed E-state index contributed by atoms with van der Waals surface area (Å²) in [5.41, 5.74) is 3.40. The second kappa shape index (κ2) is 7.87. The molecule has 0 radical (unpaired) electrons. The molecule has 4 nitrogen and oxygen atoms in total. The van der Waals surface area contributed by atoms with Crippen molar-refractivity contribution < 1.29 is 4.74 Å². The first-order valence-corrected chi connectivity index (χ1v) is 11.2. The van der Waals surface area contributed by atoms with Crippen LogP contribution in [0.25, 0.3) is 22.1 Å². The number of aromatic nitrogens is 2. The highest BCUT2D eigenvalue weighted by atomic mass is 79.9. The maximum absolute atomic E-state index is 13.1. The van der Waals surface area contributed by atoms with Gasteiger partial charge in [0, 0.05) is 15.1 Å². The van der Waals surface area contributed by atoms with Crippen LogP contribution in [-0.4, -0.2) is 9.38 Å². The van der Waals surface area contributed by atoms with E-state index in [1.807, 2.05) is 72.8 Å². The number of halogens is 2. The molecule has 0 unspecified atom stereocenters. The van der Waals surface area contributed by atoms with Crippen LogP contribution in [0.15, 0.2) is 76.0 Å². The van der Waals surface area contributed by atoms with Crippen molar-refractivity contribution in [3.63, 3.8) is 0 Å². The van der Waals surface area contributed by atoms with Crippen LogP contribution in [-0.2, 0) is 6.61 Å². The Bertz CT molecular complexity index is 1490. The lowest BCUT2D eigenvalue weighted by Crippen LogP contribution is -2.22. The van der Waals surface area contributed by atoms with Gasteiger partial charge in [-0.15, -0.1) is 0 Å². The number of fused-ring (bicyclic) bond motifs is 3. The number of thiazole rings is 1. The molecule has 148 valence electrons. The number of imidazole rings is 1. The van der Waals surface area contributed by atoms with Gasteiger partial charge in [0.1, 0.15) is 12.4 Å². The van der Waals surface area contributed by atoms with Crippen molar-refractivity contribution in [2.24, 2.45) is 0 Å². The summed E-state index contributed by atoms with van der Waals surface area (Å²) in [7, 11) is 0. The van der Waals surface area contributed by atoms with Gasteiger partial charge in [0.15, 0.2) is 4.96 Å². The highest BCUT2D eigenvalue weighted by Crippen LogP contribution is 2.25. The third kappa shape index (κ3) is 3.62. The molecule has 0 aliphatic carbocycles. The minimum Gasteiger partial charge on any atom is -0.488 e. The van der Waals surface area contributed by atoms with Gasteiger partial charge in [-0.05, 0) is 54.1 Å². The van der Waals surface area contributed by atoms with E-state index in [1.165, 1.54) is 11.3 Å². The molecule has 0 atom stereocenters. The van der Waals surface area contributed by atoms with Crippen LogP contribution in [0.2, 0.25) is 5.02 Å². The summed E-state index contributed by atoms with van der Waals surface area (Å²) in [6.07, 6.45) is 1.86. The molecule has 0 aliphatic heterocycles. The van der Waals surface area contributed by atoms with Crippen LogP contribution in [0.5, 0.6) is 5.75 Å². The number of para-hydroxylation sites is 2. The molecule has 0 amide bonds. The Labute approximate surface area is 189 Å². The van der Waals surface area contributed by atoms with Gasteiger partial charge in [-0.1, -0.05) is 63.1 Å². The van der Waals surface area contributed by atoms with Crippen molar-refractivity contribution in [2.45, 2.75) is 6.61 Å². The van der Waals surface area contributed by atoms with Crippen molar-refractivity contribution >= 4 is 60.9 Å². The summed E-state index contributed by atoms with van der Waals surface area (Å²) >= 11 is 10.8. The lowest BCUT2D eigenvalue weighted by atomic mass is 10.2. The van der Waals surface area contributed by atoms with Crippen molar-refractivity contribution in [3.05, 3.63) is 102 Å². The Kier molecular flexibility index (Phi) is 5.06. The van der Waals surface area contributed by atoms with Gasteiger partial charge in [-0.3, -0.25) is 4.79 Å². The fourth-order valence-electron chi connectivity index (χ4n) is 3.26. The zero-order chi connectivity index (χ0) is 20.7. The van der Waals surface area contributed by atoms with Crippen LogP contribution >= 0.6 is 38.9 Å². The van der Waals surface area contributed by atoms with Gasteiger partial charge < -0.3 is 4.74 Å². The molecule has 2 heterocycles. The number of hydrogen-bond donors (Lipinski definition) is 0. The molecule has 5 aromatic rings. The van der Waals surface area contributed by atoms with Crippen molar-refractivity contribution in [1.82, 2.24) is 9.38 Å². The van der Waals surface area contributed by atoms with Crippen LogP contribution in [0.4, 0.5) is 0 Å². The molecule has 0 saturated heterocycles. The maximum Gasteiger partial charge on any atom is 0.274 e. The summed E-state index contributed by atoms with van der Waals surface area (Å²) in [5.74, 6) is 0.698. The van der Waals surface area contributed by atoms with Gasteiger partial charge >= 0.3 is 0 Å². The van der Waals surface area contributed by atoms with E-state index < -0.39 is 0 Å². The molecule has 3 aromatic carbocycles. The third-order valence-corrected chi connectivity index (χ3v) is 6.43. The van der Waals surface area contributed by atoms with Crippen molar-refractivity contribution in [2.75, 3.05) is 0 Å².